The van der Waals surface area contributed by atoms with E-state index in [0.29, 0.717) is 6.54 Å². The lowest BCUT2D eigenvalue weighted by molar-refractivity contribution is 0.0527. The lowest BCUT2D eigenvalue weighted by atomic mass is 10.2. The van der Waals surface area contributed by atoms with E-state index >= 15 is 0 Å². The highest BCUT2D eigenvalue weighted by Crippen LogP contribution is 2.06. The summed E-state index contributed by atoms with van der Waals surface area (Å²) in [6.45, 7) is 7.72. The normalized spacial score (nSPS) is 11.4. The predicted molar refractivity (Wildman–Crippen MR) is 73.8 cm³/mol. The van der Waals surface area contributed by atoms with Gasteiger partial charge < -0.3 is 15.4 Å². The Morgan fingerprint density at radius 2 is 2.16 bits per heavy atom. The monoisotopic (exact) mass is 268 g/mol. The Morgan fingerprint density at radius 3 is 2.74 bits per heavy atom. The van der Waals surface area contributed by atoms with E-state index in [1.807, 2.05) is 40.1 Å². The number of hydrogen-bond acceptors (Lipinski definition) is 4. The van der Waals surface area contributed by atoms with Gasteiger partial charge in [-0.3, -0.25) is 4.68 Å². The zero-order chi connectivity index (χ0) is 14.3. The third-order valence-electron chi connectivity index (χ3n) is 2.27. The summed E-state index contributed by atoms with van der Waals surface area (Å²) < 4.78 is 6.91. The minimum Gasteiger partial charge on any atom is -0.444 e. The largest absolute Gasteiger partial charge is 0.444 e. The van der Waals surface area contributed by atoms with Crippen molar-refractivity contribution in [1.29, 1.82) is 0 Å². The molecule has 6 heteroatoms. The molecule has 0 aliphatic carbocycles. The first kappa shape index (κ1) is 15.5. The van der Waals surface area contributed by atoms with Gasteiger partial charge in [0.25, 0.3) is 0 Å². The van der Waals surface area contributed by atoms with E-state index in [-0.39, 0.29) is 6.09 Å². The van der Waals surface area contributed by atoms with Crippen LogP contribution in [0.4, 0.5) is 4.79 Å². The van der Waals surface area contributed by atoms with Gasteiger partial charge in [-0.25, -0.2) is 4.79 Å². The van der Waals surface area contributed by atoms with Crippen LogP contribution in [0.3, 0.4) is 0 Å². The molecule has 0 bridgehead atoms. The molecule has 0 unspecified atom stereocenters. The Labute approximate surface area is 114 Å². The van der Waals surface area contributed by atoms with Gasteiger partial charge >= 0.3 is 6.09 Å². The lowest BCUT2D eigenvalue weighted by Crippen LogP contribution is -2.33. The molecular weight excluding hydrogens is 244 g/mol. The van der Waals surface area contributed by atoms with Gasteiger partial charge in [-0.05, 0) is 39.8 Å². The van der Waals surface area contributed by atoms with Crippen LogP contribution in [0.15, 0.2) is 12.3 Å². The molecule has 0 radical (unpaired) electrons. The average Bonchev–Trinajstić information content (AvgIpc) is 2.67. The van der Waals surface area contributed by atoms with Gasteiger partial charge in [-0.15, -0.1) is 0 Å². The van der Waals surface area contributed by atoms with Crippen LogP contribution in [0.2, 0.25) is 0 Å². The van der Waals surface area contributed by atoms with Gasteiger partial charge in [0.15, 0.2) is 0 Å². The highest BCUT2D eigenvalue weighted by atomic mass is 16.6. The highest BCUT2D eigenvalue weighted by molar-refractivity contribution is 5.67. The van der Waals surface area contributed by atoms with Gasteiger partial charge in [0, 0.05) is 26.3 Å². The van der Waals surface area contributed by atoms with Gasteiger partial charge in [0.05, 0.1) is 5.69 Å². The molecule has 0 aromatic carbocycles. The molecule has 1 rings (SSSR count). The maximum absolute atomic E-state index is 11.3. The number of aryl methyl sites for hydroxylation is 1. The summed E-state index contributed by atoms with van der Waals surface area (Å²) in [7, 11) is 1.90. The number of alkyl carbamates (subject to hydrolysis) is 1. The molecule has 0 aliphatic heterocycles. The smallest absolute Gasteiger partial charge is 0.407 e. The number of carbonyl (C=O) groups excluding carboxylic acids is 1. The first-order chi connectivity index (χ1) is 8.87. The fourth-order valence-electron chi connectivity index (χ4n) is 1.49. The molecule has 0 saturated carbocycles. The summed E-state index contributed by atoms with van der Waals surface area (Å²) >= 11 is 0. The van der Waals surface area contributed by atoms with Crippen LogP contribution in [0, 0.1) is 0 Å². The molecule has 108 valence electrons. The molecule has 0 saturated heterocycles. The maximum Gasteiger partial charge on any atom is 0.407 e. The Balaban J connectivity index is 2.01. The van der Waals surface area contributed by atoms with Crippen molar-refractivity contribution in [2.75, 3.05) is 13.1 Å². The molecule has 2 N–H and O–H groups in total. The second-order valence-electron chi connectivity index (χ2n) is 5.44. The standard InChI is InChI=1S/C13H24N4O2/c1-13(2,3)19-12(18)15-8-5-7-14-10-11-6-9-17(4)16-11/h6,9,14H,5,7-8,10H2,1-4H3,(H,15,18). The van der Waals surface area contributed by atoms with E-state index in [1.165, 1.54) is 0 Å². The van der Waals surface area contributed by atoms with Crippen molar-refractivity contribution in [1.82, 2.24) is 20.4 Å². The van der Waals surface area contributed by atoms with Gasteiger partial charge in [0.2, 0.25) is 0 Å². The second kappa shape index (κ2) is 7.13. The van der Waals surface area contributed by atoms with Crippen molar-refractivity contribution in [2.45, 2.75) is 39.3 Å². The Kier molecular flexibility index (Phi) is 5.82. The fourth-order valence-corrected chi connectivity index (χ4v) is 1.49. The quantitative estimate of drug-likeness (QED) is 0.766. The molecule has 0 atom stereocenters. The zero-order valence-corrected chi connectivity index (χ0v) is 12.2. The van der Waals surface area contributed by atoms with Crippen LogP contribution >= 0.6 is 0 Å². The number of carbonyl (C=O) groups is 1. The summed E-state index contributed by atoms with van der Waals surface area (Å²) in [5, 5.41) is 10.3. The predicted octanol–water partition coefficient (Wildman–Crippen LogP) is 1.42. The van der Waals surface area contributed by atoms with E-state index in [0.717, 1.165) is 25.2 Å². The van der Waals surface area contributed by atoms with Crippen LogP contribution in [-0.4, -0.2) is 34.6 Å². The average molecular weight is 268 g/mol. The van der Waals surface area contributed by atoms with Crippen molar-refractivity contribution in [2.24, 2.45) is 7.05 Å². The number of nitrogens with zero attached hydrogens (tertiary/aromatic N) is 2. The molecule has 1 heterocycles. The van der Waals surface area contributed by atoms with Crippen molar-refractivity contribution < 1.29 is 9.53 Å². The summed E-state index contributed by atoms with van der Waals surface area (Å²) in [4.78, 5) is 11.3. The number of nitrogens with one attached hydrogen (secondary N) is 2. The van der Waals surface area contributed by atoms with Crippen molar-refractivity contribution >= 4 is 6.09 Å². The third-order valence-corrected chi connectivity index (χ3v) is 2.27. The van der Waals surface area contributed by atoms with Crippen molar-refractivity contribution in [3.8, 4) is 0 Å². The maximum atomic E-state index is 11.3. The number of hydrogen-bond donors (Lipinski definition) is 2. The lowest BCUT2D eigenvalue weighted by Gasteiger charge is -2.19. The van der Waals surface area contributed by atoms with E-state index in [9.17, 15) is 4.79 Å². The Hall–Kier alpha value is -1.56. The molecule has 1 aromatic rings. The fraction of sp³-hybridized carbons (Fsp3) is 0.692. The van der Waals surface area contributed by atoms with Crippen LogP contribution < -0.4 is 10.6 Å². The molecule has 1 amide bonds. The zero-order valence-electron chi connectivity index (χ0n) is 12.2. The van der Waals surface area contributed by atoms with E-state index in [1.54, 1.807) is 4.68 Å². The van der Waals surface area contributed by atoms with Crippen LogP contribution in [-0.2, 0) is 18.3 Å². The van der Waals surface area contributed by atoms with Gasteiger partial charge in [-0.2, -0.15) is 5.10 Å². The molecule has 0 spiro atoms. The molecule has 1 aromatic heterocycles. The summed E-state index contributed by atoms with van der Waals surface area (Å²) in [6.07, 6.45) is 2.41. The summed E-state index contributed by atoms with van der Waals surface area (Å²) in [5.74, 6) is 0. The van der Waals surface area contributed by atoms with Gasteiger partial charge in [-0.1, -0.05) is 0 Å². The molecule has 6 nitrogen and oxygen atoms in total. The summed E-state index contributed by atoms with van der Waals surface area (Å²) in [6, 6.07) is 1.98. The summed E-state index contributed by atoms with van der Waals surface area (Å²) in [5.41, 5.74) is 0.573. The van der Waals surface area contributed by atoms with E-state index in [2.05, 4.69) is 15.7 Å². The highest BCUT2D eigenvalue weighted by Gasteiger charge is 2.15. The van der Waals surface area contributed by atoms with Crippen LogP contribution in [0.25, 0.3) is 0 Å². The molecule has 0 aliphatic rings. The van der Waals surface area contributed by atoms with Crippen molar-refractivity contribution in [3.05, 3.63) is 18.0 Å². The SMILES string of the molecule is Cn1ccc(CNCCCNC(=O)OC(C)(C)C)n1. The molecular formula is C13H24N4O2. The number of ether oxygens (including phenoxy) is 1. The Bertz CT molecular complexity index is 396. The molecule has 19 heavy (non-hydrogen) atoms. The number of amides is 1. The minimum atomic E-state index is -0.443. The minimum absolute atomic E-state index is 0.364. The Morgan fingerprint density at radius 1 is 1.42 bits per heavy atom. The first-order valence-electron chi connectivity index (χ1n) is 6.53. The number of rotatable bonds is 6. The molecule has 0 fully saturated rings. The van der Waals surface area contributed by atoms with Gasteiger partial charge in [0.1, 0.15) is 5.60 Å². The van der Waals surface area contributed by atoms with Crippen molar-refractivity contribution in [3.63, 3.8) is 0 Å². The van der Waals surface area contributed by atoms with E-state index in [4.69, 9.17) is 4.74 Å². The topological polar surface area (TPSA) is 68.2 Å². The second-order valence-corrected chi connectivity index (χ2v) is 5.44. The van der Waals surface area contributed by atoms with E-state index < -0.39 is 5.60 Å². The van der Waals surface area contributed by atoms with Crippen LogP contribution in [0.5, 0.6) is 0 Å². The third kappa shape index (κ3) is 7.46. The van der Waals surface area contributed by atoms with Crippen LogP contribution in [0.1, 0.15) is 32.9 Å². The number of aromatic nitrogens is 2. The first-order valence-corrected chi connectivity index (χ1v) is 6.53.